The van der Waals surface area contributed by atoms with E-state index < -0.39 is 0 Å². The molecule has 4 atom stereocenters. The molecule has 2 aliphatic heterocycles. The molecule has 0 unspecified atom stereocenters. The summed E-state index contributed by atoms with van der Waals surface area (Å²) < 4.78 is 13.5. The number of halogens is 1. The monoisotopic (exact) mass is 331 g/mol. The van der Waals surface area contributed by atoms with Gasteiger partial charge in [0.2, 0.25) is 5.91 Å². The van der Waals surface area contributed by atoms with Gasteiger partial charge in [0, 0.05) is 25.6 Å². The highest BCUT2D eigenvalue weighted by atomic mass is 19.1. The van der Waals surface area contributed by atoms with E-state index in [1.807, 2.05) is 6.07 Å². The molecule has 4 heteroatoms. The maximum Gasteiger partial charge on any atom is 0.217 e. The number of nitrogens with zero attached hydrogens (tertiary/aromatic N) is 1. The van der Waals surface area contributed by atoms with Gasteiger partial charge in [0.15, 0.2) is 0 Å². The molecule has 0 aromatic heterocycles. The van der Waals surface area contributed by atoms with Gasteiger partial charge in [-0.15, -0.1) is 0 Å². The lowest BCUT2D eigenvalue weighted by atomic mass is 9.88. The average Bonchev–Trinajstić information content (AvgIpc) is 2.79. The molecular weight excluding hydrogens is 303 g/mol. The summed E-state index contributed by atoms with van der Waals surface area (Å²) in [6.45, 7) is 4.67. The highest BCUT2D eigenvalue weighted by Crippen LogP contribution is 2.40. The fourth-order valence-electron chi connectivity index (χ4n) is 4.52. The predicted molar refractivity (Wildman–Crippen MR) is 93.8 cm³/mol. The first-order valence-corrected chi connectivity index (χ1v) is 9.14. The molecule has 0 aliphatic carbocycles. The summed E-state index contributed by atoms with van der Waals surface area (Å²) in [5.41, 5.74) is 0.856. The van der Waals surface area contributed by atoms with Crippen molar-refractivity contribution in [2.24, 2.45) is 5.92 Å². The largest absolute Gasteiger partial charge is 0.349 e. The summed E-state index contributed by atoms with van der Waals surface area (Å²) in [4.78, 5) is 14.2. The quantitative estimate of drug-likeness (QED) is 0.858. The van der Waals surface area contributed by atoms with E-state index >= 15 is 0 Å². The molecule has 2 fully saturated rings. The molecule has 2 saturated heterocycles. The molecule has 0 saturated carbocycles. The van der Waals surface area contributed by atoms with Crippen molar-refractivity contribution in [1.82, 2.24) is 10.2 Å². The number of hydrogen-bond acceptors (Lipinski definition) is 2. The van der Waals surface area contributed by atoms with Gasteiger partial charge >= 0.3 is 0 Å². The number of rotatable bonds is 6. The Morgan fingerprint density at radius 3 is 2.67 bits per heavy atom. The minimum Gasteiger partial charge on any atom is -0.349 e. The smallest absolute Gasteiger partial charge is 0.217 e. The third-order valence-electron chi connectivity index (χ3n) is 5.70. The SMILES string of the molecule is C[CH][C@H]1C[C@H]2CC[C@@H](C1)N2CC[C@H](NC(C)=O)c1cccc(F)c1. The molecule has 1 amide bonds. The van der Waals surface area contributed by atoms with E-state index in [0.717, 1.165) is 24.4 Å². The van der Waals surface area contributed by atoms with Crippen molar-refractivity contribution in [3.63, 3.8) is 0 Å². The van der Waals surface area contributed by atoms with Gasteiger partial charge in [-0.05, 0) is 62.1 Å². The van der Waals surface area contributed by atoms with E-state index in [-0.39, 0.29) is 17.8 Å². The highest BCUT2D eigenvalue weighted by Gasteiger charge is 2.39. The summed E-state index contributed by atoms with van der Waals surface area (Å²) in [5.74, 6) is 0.446. The second-order valence-corrected chi connectivity index (χ2v) is 7.28. The number of fused-ring (bicyclic) bond motifs is 2. The van der Waals surface area contributed by atoms with Crippen molar-refractivity contribution in [3.05, 3.63) is 42.1 Å². The second kappa shape index (κ2) is 7.64. The number of piperidine rings is 1. The molecule has 3 rings (SSSR count). The average molecular weight is 331 g/mol. The summed E-state index contributed by atoms with van der Waals surface area (Å²) in [6, 6.07) is 7.83. The summed E-state index contributed by atoms with van der Waals surface area (Å²) in [7, 11) is 0. The Morgan fingerprint density at radius 2 is 2.08 bits per heavy atom. The van der Waals surface area contributed by atoms with Crippen LogP contribution in [0.2, 0.25) is 0 Å². The summed E-state index contributed by atoms with van der Waals surface area (Å²) in [6.07, 6.45) is 8.29. The van der Waals surface area contributed by atoms with Gasteiger partial charge < -0.3 is 5.32 Å². The Bertz CT molecular complexity index is 563. The number of carbonyl (C=O) groups is 1. The number of benzene rings is 1. The van der Waals surface area contributed by atoms with Gasteiger partial charge in [-0.1, -0.05) is 19.1 Å². The minimum atomic E-state index is -0.248. The van der Waals surface area contributed by atoms with Crippen LogP contribution >= 0.6 is 0 Å². The van der Waals surface area contributed by atoms with Crippen LogP contribution in [0.5, 0.6) is 0 Å². The van der Waals surface area contributed by atoms with Gasteiger partial charge in [0.25, 0.3) is 0 Å². The Labute approximate surface area is 144 Å². The summed E-state index contributed by atoms with van der Waals surface area (Å²) >= 11 is 0. The number of carbonyl (C=O) groups excluding carboxylic acids is 1. The number of nitrogens with one attached hydrogen (secondary N) is 1. The Balaban J connectivity index is 1.65. The van der Waals surface area contributed by atoms with Gasteiger partial charge in [-0.2, -0.15) is 0 Å². The van der Waals surface area contributed by atoms with Gasteiger partial charge in [-0.3, -0.25) is 9.69 Å². The molecule has 1 N–H and O–H groups in total. The Morgan fingerprint density at radius 1 is 1.38 bits per heavy atom. The molecule has 1 radical (unpaired) electrons. The van der Waals surface area contributed by atoms with E-state index in [0.29, 0.717) is 12.1 Å². The van der Waals surface area contributed by atoms with E-state index in [1.54, 1.807) is 6.07 Å². The zero-order chi connectivity index (χ0) is 17.1. The Kier molecular flexibility index (Phi) is 5.54. The molecule has 2 aliphatic rings. The third kappa shape index (κ3) is 3.97. The van der Waals surface area contributed by atoms with Crippen LogP contribution in [-0.2, 0) is 4.79 Å². The van der Waals surface area contributed by atoms with Crippen molar-refractivity contribution in [3.8, 4) is 0 Å². The number of hydrogen-bond donors (Lipinski definition) is 1. The highest BCUT2D eigenvalue weighted by molar-refractivity contribution is 5.73. The van der Waals surface area contributed by atoms with Gasteiger partial charge in [0.05, 0.1) is 6.04 Å². The van der Waals surface area contributed by atoms with Crippen LogP contribution in [0.3, 0.4) is 0 Å². The molecule has 0 spiro atoms. The van der Waals surface area contributed by atoms with Gasteiger partial charge in [0.1, 0.15) is 5.82 Å². The molecule has 3 nitrogen and oxygen atoms in total. The van der Waals surface area contributed by atoms with Crippen LogP contribution in [-0.4, -0.2) is 29.4 Å². The lowest BCUT2D eigenvalue weighted by Crippen LogP contribution is -2.44. The van der Waals surface area contributed by atoms with E-state index in [2.05, 4.69) is 23.6 Å². The van der Waals surface area contributed by atoms with Crippen LogP contribution in [0.25, 0.3) is 0 Å². The van der Waals surface area contributed by atoms with E-state index in [1.165, 1.54) is 44.7 Å². The fourth-order valence-corrected chi connectivity index (χ4v) is 4.52. The van der Waals surface area contributed by atoms with Crippen molar-refractivity contribution < 1.29 is 9.18 Å². The topological polar surface area (TPSA) is 32.3 Å². The lowest BCUT2D eigenvalue weighted by Gasteiger charge is -2.39. The molecule has 1 aromatic rings. The molecule has 1 aromatic carbocycles. The van der Waals surface area contributed by atoms with Crippen molar-refractivity contribution in [2.75, 3.05) is 6.54 Å². The molecule has 24 heavy (non-hydrogen) atoms. The first-order chi connectivity index (χ1) is 11.6. The standard InChI is InChI=1S/C20H28FN2O/c1-3-15-11-18-7-8-19(12-15)23(18)10-9-20(22-14(2)24)16-5-4-6-17(21)13-16/h3-6,13,15,18-20H,7-12H2,1-2H3,(H,22,24)/t15-,18+,19-,20-/m0/s1. The predicted octanol–water partition coefficient (Wildman–Crippen LogP) is 3.86. The fraction of sp³-hybridized carbons (Fsp3) is 0.600. The molecule has 2 bridgehead atoms. The zero-order valence-corrected chi connectivity index (χ0v) is 14.7. The van der Waals surface area contributed by atoms with Crippen LogP contribution in [0.15, 0.2) is 24.3 Å². The maximum atomic E-state index is 13.5. The lowest BCUT2D eigenvalue weighted by molar-refractivity contribution is -0.119. The van der Waals surface area contributed by atoms with Crippen molar-refractivity contribution in [1.29, 1.82) is 0 Å². The van der Waals surface area contributed by atoms with Crippen LogP contribution in [0.1, 0.15) is 57.6 Å². The normalized spacial score (nSPS) is 27.9. The molecule has 2 heterocycles. The minimum absolute atomic E-state index is 0.0634. The van der Waals surface area contributed by atoms with Crippen molar-refractivity contribution in [2.45, 2.75) is 64.1 Å². The number of amides is 1. The zero-order valence-electron chi connectivity index (χ0n) is 14.7. The molecule has 131 valence electrons. The first-order valence-electron chi connectivity index (χ1n) is 9.14. The first kappa shape index (κ1) is 17.4. The van der Waals surface area contributed by atoms with Crippen molar-refractivity contribution >= 4 is 5.91 Å². The summed E-state index contributed by atoms with van der Waals surface area (Å²) in [5, 5.41) is 2.99. The molecular formula is C20H28FN2O. The van der Waals surface area contributed by atoms with Crippen LogP contribution < -0.4 is 5.32 Å². The van der Waals surface area contributed by atoms with Gasteiger partial charge in [-0.25, -0.2) is 4.39 Å². The second-order valence-electron chi connectivity index (χ2n) is 7.28. The van der Waals surface area contributed by atoms with E-state index in [4.69, 9.17) is 0 Å². The maximum absolute atomic E-state index is 13.5. The third-order valence-corrected chi connectivity index (χ3v) is 5.70. The van der Waals surface area contributed by atoms with Crippen LogP contribution in [0, 0.1) is 18.2 Å². The van der Waals surface area contributed by atoms with Crippen LogP contribution in [0.4, 0.5) is 4.39 Å². The Hall–Kier alpha value is -1.42. The van der Waals surface area contributed by atoms with E-state index in [9.17, 15) is 9.18 Å².